The van der Waals surface area contributed by atoms with Crippen molar-refractivity contribution in [2.75, 3.05) is 18.6 Å². The van der Waals surface area contributed by atoms with Crippen LogP contribution < -0.4 is 14.4 Å². The number of ether oxygens (including phenoxy) is 2. The number of aliphatic hydroxyl groups is 1. The van der Waals surface area contributed by atoms with Crippen molar-refractivity contribution in [1.82, 2.24) is 4.98 Å². The van der Waals surface area contributed by atoms with Crippen LogP contribution in [0, 0.1) is 0 Å². The highest BCUT2D eigenvalue weighted by Crippen LogP contribution is 2.43. The van der Waals surface area contributed by atoms with Gasteiger partial charge >= 0.3 is 0 Å². The van der Waals surface area contributed by atoms with Gasteiger partial charge in [0.1, 0.15) is 17.3 Å². The van der Waals surface area contributed by atoms with Crippen molar-refractivity contribution in [3.8, 4) is 11.5 Å². The highest BCUT2D eigenvalue weighted by molar-refractivity contribution is 6.51. The monoisotopic (exact) mass is 444 g/mol. The van der Waals surface area contributed by atoms with Crippen LogP contribution in [0.4, 0.5) is 5.69 Å². The first-order chi connectivity index (χ1) is 16.0. The molecule has 1 fully saturated rings. The van der Waals surface area contributed by atoms with Crippen LogP contribution in [0.1, 0.15) is 30.5 Å². The molecule has 2 aromatic carbocycles. The maximum Gasteiger partial charge on any atom is 0.300 e. The van der Waals surface area contributed by atoms with Crippen LogP contribution in [-0.2, 0) is 9.59 Å². The number of carbonyl (C=O) groups excluding carboxylic acids is 2. The molecule has 0 bridgehead atoms. The number of carbonyl (C=O) groups is 2. The van der Waals surface area contributed by atoms with Gasteiger partial charge in [0.15, 0.2) is 0 Å². The molecular formula is C26H24N2O5. The lowest BCUT2D eigenvalue weighted by atomic mass is 9.95. The Morgan fingerprint density at radius 3 is 2.42 bits per heavy atom. The number of methoxy groups -OCH3 is 1. The van der Waals surface area contributed by atoms with Gasteiger partial charge in [-0.1, -0.05) is 19.1 Å². The van der Waals surface area contributed by atoms with Gasteiger partial charge < -0.3 is 14.6 Å². The fourth-order valence-corrected chi connectivity index (χ4v) is 3.82. The summed E-state index contributed by atoms with van der Waals surface area (Å²) in [5.74, 6) is -0.487. The fourth-order valence-electron chi connectivity index (χ4n) is 3.82. The lowest BCUT2D eigenvalue weighted by molar-refractivity contribution is -0.132. The average Bonchev–Trinajstić information content (AvgIpc) is 3.13. The third kappa shape index (κ3) is 4.30. The molecule has 0 radical (unpaired) electrons. The fraction of sp³-hybridized carbons (Fsp3) is 0.192. The Bertz CT molecular complexity index is 1190. The first-order valence-corrected chi connectivity index (χ1v) is 10.6. The second kappa shape index (κ2) is 9.56. The van der Waals surface area contributed by atoms with Gasteiger partial charge in [-0.05, 0) is 60.5 Å². The van der Waals surface area contributed by atoms with E-state index in [0.717, 1.165) is 6.42 Å². The summed E-state index contributed by atoms with van der Waals surface area (Å²) in [5, 5.41) is 11.1. The number of rotatable bonds is 7. The molecule has 1 atom stereocenters. The Hall–Kier alpha value is -4.13. The minimum Gasteiger partial charge on any atom is -0.507 e. The first kappa shape index (κ1) is 22.1. The number of aromatic nitrogens is 1. The summed E-state index contributed by atoms with van der Waals surface area (Å²) in [6, 6.07) is 16.4. The Kier molecular flexibility index (Phi) is 6.40. The molecule has 1 aliphatic rings. The molecule has 3 aromatic rings. The third-order valence-corrected chi connectivity index (χ3v) is 5.40. The number of hydrogen-bond donors (Lipinski definition) is 1. The summed E-state index contributed by atoms with van der Waals surface area (Å²) in [4.78, 5) is 31.7. The quantitative estimate of drug-likeness (QED) is 0.328. The number of aliphatic hydroxyl groups excluding tert-OH is 1. The number of nitrogens with zero attached hydrogens (tertiary/aromatic N) is 2. The number of Topliss-reactive ketones (excluding diaryl/α,β-unsaturated/α-hetero) is 1. The number of ketones is 1. The minimum absolute atomic E-state index is 0.00894. The Morgan fingerprint density at radius 1 is 1.03 bits per heavy atom. The second-order valence-corrected chi connectivity index (χ2v) is 7.52. The molecule has 0 aliphatic carbocycles. The van der Waals surface area contributed by atoms with E-state index in [1.807, 2.05) is 19.1 Å². The molecule has 7 nitrogen and oxygen atoms in total. The summed E-state index contributed by atoms with van der Waals surface area (Å²) < 4.78 is 11.0. The molecule has 1 amide bonds. The second-order valence-electron chi connectivity index (χ2n) is 7.52. The molecule has 33 heavy (non-hydrogen) atoms. The molecule has 4 rings (SSSR count). The van der Waals surface area contributed by atoms with E-state index in [-0.39, 0.29) is 11.3 Å². The summed E-state index contributed by atoms with van der Waals surface area (Å²) in [7, 11) is 1.55. The lowest BCUT2D eigenvalue weighted by Gasteiger charge is -2.26. The van der Waals surface area contributed by atoms with E-state index < -0.39 is 17.7 Å². The number of amides is 1. The van der Waals surface area contributed by atoms with Gasteiger partial charge in [-0.25, -0.2) is 0 Å². The van der Waals surface area contributed by atoms with E-state index in [0.29, 0.717) is 34.9 Å². The maximum absolute atomic E-state index is 13.2. The van der Waals surface area contributed by atoms with E-state index in [4.69, 9.17) is 9.47 Å². The molecule has 168 valence electrons. The van der Waals surface area contributed by atoms with Gasteiger partial charge in [-0.2, -0.15) is 0 Å². The molecule has 1 saturated heterocycles. The minimum atomic E-state index is -0.836. The molecule has 1 unspecified atom stereocenters. The standard InChI is InChI=1S/C26H24N2O5/c1-3-15-33-21-6-4-5-18(16-21)23-22(24(29)17-11-13-27-14-12-17)25(30)26(31)28(23)19-7-9-20(32-2)10-8-19/h4-14,16,23,29H,3,15H2,1-2H3/b24-22-. The molecule has 0 saturated carbocycles. The highest BCUT2D eigenvalue weighted by Gasteiger charge is 2.47. The van der Waals surface area contributed by atoms with Gasteiger partial charge in [0.2, 0.25) is 0 Å². The van der Waals surface area contributed by atoms with Crippen LogP contribution in [0.5, 0.6) is 11.5 Å². The molecule has 1 aliphatic heterocycles. The van der Waals surface area contributed by atoms with Gasteiger partial charge in [0.05, 0.1) is 25.3 Å². The van der Waals surface area contributed by atoms with Crippen LogP contribution >= 0.6 is 0 Å². The Labute approximate surface area is 191 Å². The average molecular weight is 444 g/mol. The zero-order valence-corrected chi connectivity index (χ0v) is 18.4. The molecular weight excluding hydrogens is 420 g/mol. The Morgan fingerprint density at radius 2 is 1.76 bits per heavy atom. The predicted molar refractivity (Wildman–Crippen MR) is 124 cm³/mol. The molecule has 7 heteroatoms. The number of hydrogen-bond acceptors (Lipinski definition) is 6. The molecule has 1 aromatic heterocycles. The topological polar surface area (TPSA) is 89.0 Å². The third-order valence-electron chi connectivity index (χ3n) is 5.40. The zero-order chi connectivity index (χ0) is 23.4. The highest BCUT2D eigenvalue weighted by atomic mass is 16.5. The van der Waals surface area contributed by atoms with Gasteiger partial charge in [0.25, 0.3) is 11.7 Å². The number of anilines is 1. The zero-order valence-electron chi connectivity index (χ0n) is 18.4. The summed E-state index contributed by atoms with van der Waals surface area (Å²) in [5.41, 5.74) is 1.57. The van der Waals surface area contributed by atoms with Crippen LogP contribution in [-0.4, -0.2) is 35.5 Å². The predicted octanol–water partition coefficient (Wildman–Crippen LogP) is 4.51. The number of pyridine rings is 1. The summed E-state index contributed by atoms with van der Waals surface area (Å²) in [6.45, 7) is 2.55. The van der Waals surface area contributed by atoms with Gasteiger partial charge in [-0.3, -0.25) is 19.5 Å². The van der Waals surface area contributed by atoms with E-state index in [1.54, 1.807) is 55.6 Å². The van der Waals surface area contributed by atoms with Gasteiger partial charge in [0, 0.05) is 23.6 Å². The summed E-state index contributed by atoms with van der Waals surface area (Å²) >= 11 is 0. The van der Waals surface area contributed by atoms with Crippen molar-refractivity contribution >= 4 is 23.1 Å². The van der Waals surface area contributed by atoms with Crippen molar-refractivity contribution in [3.05, 3.63) is 89.8 Å². The van der Waals surface area contributed by atoms with Crippen molar-refractivity contribution in [2.24, 2.45) is 0 Å². The van der Waals surface area contributed by atoms with E-state index in [2.05, 4.69) is 4.98 Å². The van der Waals surface area contributed by atoms with E-state index in [1.165, 1.54) is 17.3 Å². The number of benzene rings is 2. The SMILES string of the molecule is CCCOc1cccc(C2/C(=C(/O)c3ccncc3)C(=O)C(=O)N2c2ccc(OC)cc2)c1. The van der Waals surface area contributed by atoms with Crippen molar-refractivity contribution in [2.45, 2.75) is 19.4 Å². The van der Waals surface area contributed by atoms with Crippen molar-refractivity contribution in [3.63, 3.8) is 0 Å². The van der Waals surface area contributed by atoms with Crippen molar-refractivity contribution < 1.29 is 24.2 Å². The summed E-state index contributed by atoms with van der Waals surface area (Å²) in [6.07, 6.45) is 3.88. The van der Waals surface area contributed by atoms with Crippen LogP contribution in [0.15, 0.2) is 78.6 Å². The van der Waals surface area contributed by atoms with Crippen molar-refractivity contribution in [1.29, 1.82) is 0 Å². The normalized spacial score (nSPS) is 17.3. The molecule has 0 spiro atoms. The van der Waals surface area contributed by atoms with E-state index >= 15 is 0 Å². The molecule has 2 heterocycles. The maximum atomic E-state index is 13.2. The van der Waals surface area contributed by atoms with Crippen LogP contribution in [0.3, 0.4) is 0 Å². The smallest absolute Gasteiger partial charge is 0.300 e. The first-order valence-electron chi connectivity index (χ1n) is 10.6. The Balaban J connectivity index is 1.89. The van der Waals surface area contributed by atoms with E-state index in [9.17, 15) is 14.7 Å². The largest absolute Gasteiger partial charge is 0.507 e. The van der Waals surface area contributed by atoms with Crippen LogP contribution in [0.2, 0.25) is 0 Å². The lowest BCUT2D eigenvalue weighted by Crippen LogP contribution is -2.29. The van der Waals surface area contributed by atoms with Gasteiger partial charge in [-0.15, -0.1) is 0 Å². The van der Waals surface area contributed by atoms with Crippen LogP contribution in [0.25, 0.3) is 5.76 Å². The molecule has 1 N–H and O–H groups in total.